The Hall–Kier alpha value is -0.570. The molecule has 1 heterocycles. The van der Waals surface area contributed by atoms with Crippen molar-refractivity contribution in [2.24, 2.45) is 0 Å². The largest absolute Gasteiger partial charge is 0.353 e. The molecule has 1 rings (SSSR count). The zero-order valence-electron chi connectivity index (χ0n) is 3.90. The number of nitrogens with one attached hydrogen (secondary N) is 2. The van der Waals surface area contributed by atoms with Crippen LogP contribution in [0.5, 0.6) is 0 Å². The van der Waals surface area contributed by atoms with Crippen molar-refractivity contribution in [2.75, 3.05) is 13.1 Å². The molecule has 1 aliphatic rings. The van der Waals surface area contributed by atoms with Crippen LogP contribution in [0, 0.1) is 6.54 Å². The lowest BCUT2D eigenvalue weighted by Gasteiger charge is -2.10. The van der Waals surface area contributed by atoms with Gasteiger partial charge in [0.1, 0.15) is 0 Å². The van der Waals surface area contributed by atoms with Gasteiger partial charge < -0.3 is 10.6 Å². The monoisotopic (exact) mass is 99.1 g/mol. The van der Waals surface area contributed by atoms with Crippen LogP contribution >= 0.6 is 0 Å². The summed E-state index contributed by atoms with van der Waals surface area (Å²) in [5.41, 5.74) is 0. The van der Waals surface area contributed by atoms with E-state index in [2.05, 4.69) is 10.6 Å². The second kappa shape index (κ2) is 1.93. The van der Waals surface area contributed by atoms with Crippen LogP contribution in [0.4, 0.5) is 0 Å². The minimum atomic E-state index is 0.0718. The van der Waals surface area contributed by atoms with Gasteiger partial charge in [-0.15, -0.1) is 0 Å². The van der Waals surface area contributed by atoms with E-state index in [0.29, 0.717) is 13.1 Å². The van der Waals surface area contributed by atoms with E-state index >= 15 is 0 Å². The summed E-state index contributed by atoms with van der Waals surface area (Å²) >= 11 is 0. The molecule has 0 aliphatic carbocycles. The second-order valence-electron chi connectivity index (χ2n) is 1.39. The third-order valence-corrected chi connectivity index (χ3v) is 0.808. The van der Waals surface area contributed by atoms with Gasteiger partial charge in [-0.25, -0.2) is 0 Å². The standard InChI is InChI=1S/C4H7N2O/c7-4-3-5-1-2-6-4/h1,5H,2-3H2,(H,6,7). The highest BCUT2D eigenvalue weighted by Crippen LogP contribution is 1.74. The highest BCUT2D eigenvalue weighted by atomic mass is 16.2. The SMILES string of the molecule is O=C1CN[CH]CN1. The predicted octanol–water partition coefficient (Wildman–Crippen LogP) is -1.13. The molecule has 0 saturated carbocycles. The van der Waals surface area contributed by atoms with Gasteiger partial charge in [0.05, 0.1) is 6.54 Å². The Kier molecular flexibility index (Phi) is 1.26. The topological polar surface area (TPSA) is 41.1 Å². The molecule has 7 heavy (non-hydrogen) atoms. The van der Waals surface area contributed by atoms with E-state index in [9.17, 15) is 4.79 Å². The Morgan fingerprint density at radius 1 is 1.71 bits per heavy atom. The van der Waals surface area contributed by atoms with Crippen molar-refractivity contribution in [1.29, 1.82) is 0 Å². The van der Waals surface area contributed by atoms with Crippen molar-refractivity contribution in [3.8, 4) is 0 Å². The van der Waals surface area contributed by atoms with Gasteiger partial charge in [-0.1, -0.05) is 0 Å². The van der Waals surface area contributed by atoms with Crippen LogP contribution in [0.25, 0.3) is 0 Å². The predicted molar refractivity (Wildman–Crippen MR) is 25.3 cm³/mol. The number of carbonyl (C=O) groups excluding carboxylic acids is 1. The first-order valence-electron chi connectivity index (χ1n) is 2.21. The lowest BCUT2D eigenvalue weighted by molar-refractivity contribution is -0.120. The van der Waals surface area contributed by atoms with Crippen LogP contribution in [-0.2, 0) is 4.79 Å². The van der Waals surface area contributed by atoms with Gasteiger partial charge in [0.2, 0.25) is 5.91 Å². The lowest BCUT2D eigenvalue weighted by Crippen LogP contribution is -2.41. The fourth-order valence-corrected chi connectivity index (χ4v) is 0.464. The van der Waals surface area contributed by atoms with Crippen LogP contribution in [0.1, 0.15) is 0 Å². The van der Waals surface area contributed by atoms with Crippen molar-refractivity contribution >= 4 is 5.91 Å². The van der Waals surface area contributed by atoms with Crippen LogP contribution in [0.15, 0.2) is 0 Å². The molecule has 2 N–H and O–H groups in total. The Morgan fingerprint density at radius 2 is 2.57 bits per heavy atom. The number of hydrogen-bond donors (Lipinski definition) is 2. The molecule has 0 unspecified atom stereocenters. The van der Waals surface area contributed by atoms with Gasteiger partial charge in [0.15, 0.2) is 0 Å². The van der Waals surface area contributed by atoms with Crippen molar-refractivity contribution in [1.82, 2.24) is 10.6 Å². The smallest absolute Gasteiger partial charge is 0.234 e. The molecule has 3 heteroatoms. The zero-order chi connectivity index (χ0) is 5.11. The van der Waals surface area contributed by atoms with Crippen molar-refractivity contribution in [3.63, 3.8) is 0 Å². The fourth-order valence-electron chi connectivity index (χ4n) is 0.464. The molecule has 1 radical (unpaired) electrons. The van der Waals surface area contributed by atoms with E-state index in [1.165, 1.54) is 0 Å². The summed E-state index contributed by atoms with van der Waals surface area (Å²) < 4.78 is 0. The van der Waals surface area contributed by atoms with E-state index < -0.39 is 0 Å². The van der Waals surface area contributed by atoms with Crippen molar-refractivity contribution in [2.45, 2.75) is 0 Å². The summed E-state index contributed by atoms with van der Waals surface area (Å²) in [7, 11) is 0. The first kappa shape index (κ1) is 4.59. The minimum Gasteiger partial charge on any atom is -0.353 e. The third kappa shape index (κ3) is 1.16. The van der Waals surface area contributed by atoms with Crippen LogP contribution in [0.2, 0.25) is 0 Å². The van der Waals surface area contributed by atoms with Crippen LogP contribution in [-0.4, -0.2) is 19.0 Å². The second-order valence-corrected chi connectivity index (χ2v) is 1.39. The first-order valence-corrected chi connectivity index (χ1v) is 2.21. The number of hydrogen-bond acceptors (Lipinski definition) is 2. The van der Waals surface area contributed by atoms with E-state index in [1.54, 1.807) is 0 Å². The molecule has 0 aromatic heterocycles. The Bertz CT molecular complexity index is 73.8. The molecule has 0 bridgehead atoms. The Labute approximate surface area is 42.1 Å². The van der Waals surface area contributed by atoms with Crippen LogP contribution < -0.4 is 10.6 Å². The molecular formula is C4H7N2O. The summed E-state index contributed by atoms with van der Waals surface area (Å²) in [4.78, 5) is 10.3. The summed E-state index contributed by atoms with van der Waals surface area (Å²) in [6.45, 7) is 2.90. The zero-order valence-corrected chi connectivity index (χ0v) is 3.90. The fraction of sp³-hybridized carbons (Fsp3) is 0.500. The van der Waals surface area contributed by atoms with E-state index in [0.717, 1.165) is 0 Å². The molecule has 0 aromatic rings. The first-order chi connectivity index (χ1) is 3.39. The third-order valence-electron chi connectivity index (χ3n) is 0.808. The van der Waals surface area contributed by atoms with Crippen molar-refractivity contribution < 1.29 is 4.79 Å². The molecule has 0 aromatic carbocycles. The summed E-state index contributed by atoms with van der Waals surface area (Å²) in [6.07, 6.45) is 0. The van der Waals surface area contributed by atoms with Crippen molar-refractivity contribution in [3.05, 3.63) is 6.54 Å². The van der Waals surface area contributed by atoms with E-state index in [-0.39, 0.29) is 5.91 Å². The number of carbonyl (C=O) groups is 1. The highest BCUT2D eigenvalue weighted by Gasteiger charge is 2.03. The molecule has 0 spiro atoms. The molecule has 3 nitrogen and oxygen atoms in total. The maximum absolute atomic E-state index is 10.3. The summed E-state index contributed by atoms with van der Waals surface area (Å²) in [5.74, 6) is 0.0718. The van der Waals surface area contributed by atoms with E-state index in [4.69, 9.17) is 0 Å². The van der Waals surface area contributed by atoms with Gasteiger partial charge in [-0.2, -0.15) is 0 Å². The quantitative estimate of drug-likeness (QED) is 0.403. The normalized spacial score (nSPS) is 21.4. The Morgan fingerprint density at radius 3 is 2.86 bits per heavy atom. The van der Waals surface area contributed by atoms with Gasteiger partial charge >= 0.3 is 0 Å². The Balaban J connectivity index is 2.25. The molecular weight excluding hydrogens is 92.1 g/mol. The van der Waals surface area contributed by atoms with Gasteiger partial charge in [-0.05, 0) is 0 Å². The number of piperazine rings is 1. The molecule has 1 fully saturated rings. The minimum absolute atomic E-state index is 0.0718. The molecule has 39 valence electrons. The van der Waals surface area contributed by atoms with Gasteiger partial charge in [0, 0.05) is 13.1 Å². The van der Waals surface area contributed by atoms with Gasteiger partial charge in [-0.3, -0.25) is 4.79 Å². The average Bonchev–Trinajstić information content (AvgIpc) is 1.69. The average molecular weight is 99.1 g/mol. The number of rotatable bonds is 0. The van der Waals surface area contributed by atoms with E-state index in [1.807, 2.05) is 6.54 Å². The maximum Gasteiger partial charge on any atom is 0.234 e. The van der Waals surface area contributed by atoms with Crippen LogP contribution in [0.3, 0.4) is 0 Å². The molecule has 0 atom stereocenters. The summed E-state index contributed by atoms with van der Waals surface area (Å²) in [5, 5.41) is 5.42. The maximum atomic E-state index is 10.3. The lowest BCUT2D eigenvalue weighted by atomic mass is 10.4. The van der Waals surface area contributed by atoms with Gasteiger partial charge in [0.25, 0.3) is 0 Å². The molecule has 1 saturated heterocycles. The molecule has 1 amide bonds. The highest BCUT2D eigenvalue weighted by molar-refractivity contribution is 5.78. The number of amides is 1. The summed E-state index contributed by atoms with van der Waals surface area (Å²) in [6, 6.07) is 0. The molecule has 1 aliphatic heterocycles.